The van der Waals surface area contributed by atoms with Crippen molar-refractivity contribution in [1.29, 1.82) is 5.26 Å². The van der Waals surface area contributed by atoms with Crippen LogP contribution >= 0.6 is 0 Å². The van der Waals surface area contributed by atoms with Crippen molar-refractivity contribution in [2.75, 3.05) is 13.1 Å². The summed E-state index contributed by atoms with van der Waals surface area (Å²) in [6, 6.07) is 2.25. The fourth-order valence-corrected chi connectivity index (χ4v) is 1.70. The van der Waals surface area contributed by atoms with Crippen LogP contribution in [0.1, 0.15) is 12.7 Å². The molecule has 1 unspecified atom stereocenters. The lowest BCUT2D eigenvalue weighted by Crippen LogP contribution is -2.36. The second kappa shape index (κ2) is 3.76. The van der Waals surface area contributed by atoms with Gasteiger partial charge in [0.1, 0.15) is 12.2 Å². The average molecular weight is 191 g/mol. The Labute approximate surface area is 83.0 Å². The lowest BCUT2D eigenvalue weighted by Gasteiger charge is -2.27. The van der Waals surface area contributed by atoms with Gasteiger partial charge in [-0.3, -0.25) is 4.90 Å². The van der Waals surface area contributed by atoms with Crippen LogP contribution in [-0.2, 0) is 13.1 Å². The smallest absolute Gasteiger partial charge is 0.147 e. The van der Waals surface area contributed by atoms with Crippen molar-refractivity contribution in [3.05, 3.63) is 12.2 Å². The van der Waals surface area contributed by atoms with Crippen molar-refractivity contribution < 1.29 is 0 Å². The molecule has 2 rings (SSSR count). The molecule has 14 heavy (non-hydrogen) atoms. The molecule has 2 heterocycles. The molecule has 5 heteroatoms. The summed E-state index contributed by atoms with van der Waals surface area (Å²) in [7, 11) is 0. The van der Waals surface area contributed by atoms with E-state index in [-0.39, 0.29) is 5.92 Å². The van der Waals surface area contributed by atoms with Crippen molar-refractivity contribution in [2.45, 2.75) is 20.0 Å². The highest BCUT2D eigenvalue weighted by molar-refractivity contribution is 4.91. The minimum Gasteiger partial charge on any atom is -0.315 e. The van der Waals surface area contributed by atoms with Gasteiger partial charge in [0.25, 0.3) is 0 Å². The summed E-state index contributed by atoms with van der Waals surface area (Å²) in [5.41, 5.74) is 0. The van der Waals surface area contributed by atoms with Crippen LogP contribution in [-0.4, -0.2) is 32.8 Å². The third-order valence-electron chi connectivity index (χ3n) is 2.47. The Bertz CT molecular complexity index is 350. The van der Waals surface area contributed by atoms with E-state index in [9.17, 15) is 0 Å². The Kier molecular flexibility index (Phi) is 2.46. The maximum Gasteiger partial charge on any atom is 0.147 e. The van der Waals surface area contributed by atoms with Gasteiger partial charge in [0.05, 0.1) is 18.5 Å². The molecule has 5 nitrogen and oxygen atoms in total. The van der Waals surface area contributed by atoms with E-state index >= 15 is 0 Å². The van der Waals surface area contributed by atoms with Gasteiger partial charge in [-0.1, -0.05) is 0 Å². The van der Waals surface area contributed by atoms with Crippen molar-refractivity contribution in [3.63, 3.8) is 0 Å². The number of fused-ring (bicyclic) bond motifs is 1. The van der Waals surface area contributed by atoms with Crippen molar-refractivity contribution in [2.24, 2.45) is 5.92 Å². The third kappa shape index (κ3) is 1.75. The Morgan fingerprint density at radius 3 is 3.29 bits per heavy atom. The normalized spacial score (nSPS) is 18.6. The van der Waals surface area contributed by atoms with Gasteiger partial charge < -0.3 is 4.57 Å². The van der Waals surface area contributed by atoms with Crippen LogP contribution in [0.3, 0.4) is 0 Å². The van der Waals surface area contributed by atoms with E-state index in [2.05, 4.69) is 25.7 Å². The summed E-state index contributed by atoms with van der Waals surface area (Å²) in [6.07, 6.45) is 1.76. The zero-order chi connectivity index (χ0) is 9.97. The summed E-state index contributed by atoms with van der Waals surface area (Å²) in [5, 5.41) is 16.6. The standard InChI is InChI=1S/C9H13N5/c1-8(4-10)5-13-2-3-14-7-11-12-9(14)6-13/h7-8H,2-3,5-6H2,1H3. The molecular weight excluding hydrogens is 178 g/mol. The van der Waals surface area contributed by atoms with Crippen LogP contribution in [0.4, 0.5) is 0 Å². The lowest BCUT2D eigenvalue weighted by molar-refractivity contribution is 0.203. The minimum absolute atomic E-state index is 0.0875. The molecule has 0 aromatic carbocycles. The number of rotatable bonds is 2. The van der Waals surface area contributed by atoms with E-state index in [1.54, 1.807) is 6.33 Å². The largest absolute Gasteiger partial charge is 0.315 e. The summed E-state index contributed by atoms with van der Waals surface area (Å²) >= 11 is 0. The molecule has 0 bridgehead atoms. The predicted molar refractivity (Wildman–Crippen MR) is 50.1 cm³/mol. The van der Waals surface area contributed by atoms with Crippen LogP contribution in [0.2, 0.25) is 0 Å². The van der Waals surface area contributed by atoms with Gasteiger partial charge in [0, 0.05) is 19.6 Å². The van der Waals surface area contributed by atoms with E-state index < -0.39 is 0 Å². The van der Waals surface area contributed by atoms with Crippen LogP contribution in [0.25, 0.3) is 0 Å². The summed E-state index contributed by atoms with van der Waals surface area (Å²) < 4.78 is 2.06. The van der Waals surface area contributed by atoms with E-state index in [1.807, 2.05) is 6.92 Å². The molecule has 0 saturated heterocycles. The van der Waals surface area contributed by atoms with E-state index in [4.69, 9.17) is 5.26 Å². The molecule has 0 fully saturated rings. The van der Waals surface area contributed by atoms with Gasteiger partial charge in [-0.25, -0.2) is 0 Å². The fraction of sp³-hybridized carbons (Fsp3) is 0.667. The number of nitriles is 1. The molecule has 0 amide bonds. The quantitative estimate of drug-likeness (QED) is 0.672. The lowest BCUT2D eigenvalue weighted by atomic mass is 10.2. The molecule has 1 aromatic rings. The molecule has 0 saturated carbocycles. The molecule has 0 N–H and O–H groups in total. The van der Waals surface area contributed by atoms with Gasteiger partial charge in [0.2, 0.25) is 0 Å². The van der Waals surface area contributed by atoms with Crippen LogP contribution in [0.5, 0.6) is 0 Å². The van der Waals surface area contributed by atoms with E-state index in [0.29, 0.717) is 0 Å². The molecule has 74 valence electrons. The van der Waals surface area contributed by atoms with Crippen LogP contribution < -0.4 is 0 Å². The molecule has 1 atom stereocenters. The highest BCUT2D eigenvalue weighted by Gasteiger charge is 2.18. The van der Waals surface area contributed by atoms with E-state index in [1.165, 1.54) is 0 Å². The summed E-state index contributed by atoms with van der Waals surface area (Å²) in [5.74, 6) is 1.09. The molecular formula is C9H13N5. The molecule has 1 aromatic heterocycles. The Morgan fingerprint density at radius 2 is 2.50 bits per heavy atom. The molecule has 1 aliphatic heterocycles. The Balaban J connectivity index is 1.98. The van der Waals surface area contributed by atoms with E-state index in [0.717, 1.165) is 32.0 Å². The topological polar surface area (TPSA) is 57.7 Å². The minimum atomic E-state index is 0.0875. The molecule has 0 radical (unpaired) electrons. The number of nitrogens with zero attached hydrogens (tertiary/aromatic N) is 5. The first kappa shape index (κ1) is 9.16. The van der Waals surface area contributed by atoms with Gasteiger partial charge in [0.15, 0.2) is 0 Å². The maximum absolute atomic E-state index is 8.71. The number of aromatic nitrogens is 3. The van der Waals surface area contributed by atoms with Crippen LogP contribution in [0, 0.1) is 17.2 Å². The first-order valence-corrected chi connectivity index (χ1v) is 4.78. The molecule has 0 aliphatic carbocycles. The SMILES string of the molecule is CC(C#N)CN1CCn2cnnc2C1. The monoisotopic (exact) mass is 191 g/mol. The van der Waals surface area contributed by atoms with Crippen LogP contribution in [0.15, 0.2) is 6.33 Å². The molecule has 1 aliphatic rings. The summed E-state index contributed by atoms with van der Waals surface area (Å²) in [6.45, 7) is 5.49. The third-order valence-corrected chi connectivity index (χ3v) is 2.47. The predicted octanol–water partition coefficient (Wildman–Crippen LogP) is 0.253. The van der Waals surface area contributed by atoms with Crippen molar-refractivity contribution >= 4 is 0 Å². The number of hydrogen-bond acceptors (Lipinski definition) is 4. The fourth-order valence-electron chi connectivity index (χ4n) is 1.70. The van der Waals surface area contributed by atoms with Gasteiger partial charge in [-0.15, -0.1) is 10.2 Å². The van der Waals surface area contributed by atoms with Gasteiger partial charge >= 0.3 is 0 Å². The van der Waals surface area contributed by atoms with Crippen molar-refractivity contribution in [1.82, 2.24) is 19.7 Å². The number of hydrogen-bond donors (Lipinski definition) is 0. The first-order valence-electron chi connectivity index (χ1n) is 4.78. The Hall–Kier alpha value is -1.41. The average Bonchev–Trinajstić information content (AvgIpc) is 2.64. The van der Waals surface area contributed by atoms with Gasteiger partial charge in [-0.05, 0) is 6.92 Å². The molecule has 0 spiro atoms. The zero-order valence-electron chi connectivity index (χ0n) is 8.22. The first-order chi connectivity index (χ1) is 6.79. The second-order valence-electron chi connectivity index (χ2n) is 3.71. The Morgan fingerprint density at radius 1 is 1.64 bits per heavy atom. The summed E-state index contributed by atoms with van der Waals surface area (Å²) in [4.78, 5) is 2.25. The second-order valence-corrected chi connectivity index (χ2v) is 3.71. The van der Waals surface area contributed by atoms with Gasteiger partial charge in [-0.2, -0.15) is 5.26 Å². The maximum atomic E-state index is 8.71. The van der Waals surface area contributed by atoms with Crippen molar-refractivity contribution in [3.8, 4) is 6.07 Å². The zero-order valence-corrected chi connectivity index (χ0v) is 8.22. The highest BCUT2D eigenvalue weighted by Crippen LogP contribution is 2.10. The highest BCUT2D eigenvalue weighted by atomic mass is 15.3.